The summed E-state index contributed by atoms with van der Waals surface area (Å²) < 4.78 is 4.43. The Bertz CT molecular complexity index is 356. The van der Waals surface area contributed by atoms with E-state index in [0.29, 0.717) is 0 Å². The van der Waals surface area contributed by atoms with Crippen molar-refractivity contribution in [1.29, 1.82) is 0 Å². The molecule has 0 spiro atoms. The lowest BCUT2D eigenvalue weighted by Gasteiger charge is -2.04. The van der Waals surface area contributed by atoms with Gasteiger partial charge in [-0.05, 0) is 6.07 Å². The zero-order chi connectivity index (χ0) is 12.0. The molecule has 1 aromatic heterocycles. The Labute approximate surface area is 98.3 Å². The molecule has 15 heavy (non-hydrogen) atoms. The van der Waals surface area contributed by atoms with Crippen molar-refractivity contribution in [3.8, 4) is 0 Å². The molecule has 0 aromatic carbocycles. The molecular formula is C9H12Cl2N2O2. The number of carbonyl (C=O) groups excluding carboxylic acids is 1. The molecule has 0 aliphatic heterocycles. The minimum absolute atomic E-state index is 0.0675. The molecule has 1 rings (SSSR count). The number of hydrogen-bond donors (Lipinski definition) is 1. The second-order valence-electron chi connectivity index (χ2n) is 2.18. The maximum absolute atomic E-state index is 11.1. The number of anilines is 1. The molecular weight excluding hydrogens is 239 g/mol. The van der Waals surface area contributed by atoms with Gasteiger partial charge in [0.15, 0.2) is 5.69 Å². The number of rotatable bonds is 1. The van der Waals surface area contributed by atoms with E-state index in [1.165, 1.54) is 13.2 Å². The maximum atomic E-state index is 11.1. The van der Waals surface area contributed by atoms with Crippen LogP contribution < -0.4 is 5.73 Å². The first-order valence-corrected chi connectivity index (χ1v) is 5.01. The van der Waals surface area contributed by atoms with Crippen LogP contribution in [0.2, 0.25) is 10.2 Å². The van der Waals surface area contributed by atoms with E-state index >= 15 is 0 Å². The van der Waals surface area contributed by atoms with Gasteiger partial charge in [0, 0.05) is 0 Å². The van der Waals surface area contributed by atoms with Crippen LogP contribution in [0.25, 0.3) is 0 Å². The van der Waals surface area contributed by atoms with E-state index in [1.807, 2.05) is 13.8 Å². The molecule has 0 saturated heterocycles. The van der Waals surface area contributed by atoms with Gasteiger partial charge in [0.1, 0.15) is 5.15 Å². The quantitative estimate of drug-likeness (QED) is 0.615. The molecule has 0 unspecified atom stereocenters. The largest absolute Gasteiger partial charge is 0.464 e. The maximum Gasteiger partial charge on any atom is 0.358 e. The average Bonchev–Trinajstić information content (AvgIpc) is 2.25. The Morgan fingerprint density at radius 2 is 2.00 bits per heavy atom. The number of ether oxygens (including phenoxy) is 1. The number of nitrogen functional groups attached to an aromatic ring is 1. The van der Waals surface area contributed by atoms with Crippen LogP contribution in [0.4, 0.5) is 5.69 Å². The van der Waals surface area contributed by atoms with Gasteiger partial charge in [-0.15, -0.1) is 0 Å². The number of hydrogen-bond acceptors (Lipinski definition) is 4. The molecule has 0 saturated carbocycles. The molecule has 0 aliphatic carbocycles. The fourth-order valence-electron chi connectivity index (χ4n) is 0.747. The van der Waals surface area contributed by atoms with Crippen molar-refractivity contribution in [1.82, 2.24) is 4.98 Å². The van der Waals surface area contributed by atoms with Crippen molar-refractivity contribution in [2.45, 2.75) is 13.8 Å². The Kier molecular flexibility index (Phi) is 6.05. The summed E-state index contributed by atoms with van der Waals surface area (Å²) in [6.45, 7) is 4.00. The second-order valence-corrected chi connectivity index (χ2v) is 2.98. The van der Waals surface area contributed by atoms with Crippen molar-refractivity contribution in [3.05, 3.63) is 21.9 Å². The molecule has 4 nitrogen and oxygen atoms in total. The van der Waals surface area contributed by atoms with Crippen LogP contribution in [0.15, 0.2) is 6.07 Å². The lowest BCUT2D eigenvalue weighted by molar-refractivity contribution is 0.0595. The van der Waals surface area contributed by atoms with E-state index in [9.17, 15) is 4.79 Å². The average molecular weight is 251 g/mol. The molecule has 0 atom stereocenters. The first-order valence-electron chi connectivity index (χ1n) is 4.26. The third kappa shape index (κ3) is 3.57. The molecule has 0 amide bonds. The van der Waals surface area contributed by atoms with Crippen molar-refractivity contribution in [2.24, 2.45) is 0 Å². The summed E-state index contributed by atoms with van der Waals surface area (Å²) in [5, 5.41) is 0.278. The minimum atomic E-state index is -0.665. The van der Waals surface area contributed by atoms with Crippen molar-refractivity contribution < 1.29 is 9.53 Å². The van der Waals surface area contributed by atoms with Gasteiger partial charge in [-0.1, -0.05) is 37.0 Å². The van der Waals surface area contributed by atoms with Gasteiger partial charge in [-0.2, -0.15) is 0 Å². The highest BCUT2D eigenvalue weighted by Crippen LogP contribution is 2.24. The number of nitrogens with two attached hydrogens (primary N) is 1. The number of aromatic nitrogens is 1. The molecule has 0 fully saturated rings. The monoisotopic (exact) mass is 250 g/mol. The van der Waals surface area contributed by atoms with Crippen molar-refractivity contribution >= 4 is 34.9 Å². The highest BCUT2D eigenvalue weighted by atomic mass is 35.5. The predicted molar refractivity (Wildman–Crippen MR) is 61.4 cm³/mol. The summed E-state index contributed by atoms with van der Waals surface area (Å²) in [7, 11) is 1.22. The standard InChI is InChI=1S/C7H6Cl2N2O2.C2H6/c1-13-7(12)6-5(10)3(8)2-4(9)11-6;1-2/h2H,10H2,1H3;1-2H3. The summed E-state index contributed by atoms with van der Waals surface area (Å²) in [5.74, 6) is -0.665. The van der Waals surface area contributed by atoms with E-state index in [1.54, 1.807) is 0 Å². The van der Waals surface area contributed by atoms with E-state index in [0.717, 1.165) is 0 Å². The first-order chi connectivity index (χ1) is 7.06. The predicted octanol–water partition coefficient (Wildman–Crippen LogP) is 2.78. The van der Waals surface area contributed by atoms with Gasteiger partial charge in [0.2, 0.25) is 0 Å². The highest BCUT2D eigenvalue weighted by molar-refractivity contribution is 6.36. The lowest BCUT2D eigenvalue weighted by atomic mass is 10.3. The molecule has 1 aromatic rings. The zero-order valence-corrected chi connectivity index (χ0v) is 10.2. The van der Waals surface area contributed by atoms with Gasteiger partial charge >= 0.3 is 5.97 Å². The number of nitrogens with zero attached hydrogens (tertiary/aromatic N) is 1. The van der Waals surface area contributed by atoms with E-state index in [-0.39, 0.29) is 21.6 Å². The summed E-state index contributed by atoms with van der Waals surface area (Å²) >= 11 is 11.2. The summed E-state index contributed by atoms with van der Waals surface area (Å²) in [5.41, 5.74) is 5.47. The van der Waals surface area contributed by atoms with E-state index in [4.69, 9.17) is 28.9 Å². The van der Waals surface area contributed by atoms with E-state index in [2.05, 4.69) is 9.72 Å². The Morgan fingerprint density at radius 3 is 2.47 bits per heavy atom. The van der Waals surface area contributed by atoms with Crippen LogP contribution in [-0.2, 0) is 4.74 Å². The summed E-state index contributed by atoms with van der Waals surface area (Å²) in [6, 6.07) is 1.35. The molecule has 0 aliphatic rings. The van der Waals surface area contributed by atoms with Gasteiger partial charge < -0.3 is 10.5 Å². The molecule has 2 N–H and O–H groups in total. The van der Waals surface area contributed by atoms with Gasteiger partial charge in [-0.3, -0.25) is 0 Å². The van der Waals surface area contributed by atoms with Gasteiger partial charge in [0.05, 0.1) is 17.8 Å². The van der Waals surface area contributed by atoms with Crippen LogP contribution in [-0.4, -0.2) is 18.1 Å². The fourth-order valence-corrected chi connectivity index (χ4v) is 1.19. The summed E-state index contributed by atoms with van der Waals surface area (Å²) in [6.07, 6.45) is 0. The smallest absolute Gasteiger partial charge is 0.358 e. The first kappa shape index (κ1) is 14.0. The third-order valence-corrected chi connectivity index (χ3v) is 1.86. The van der Waals surface area contributed by atoms with E-state index < -0.39 is 5.97 Å². The van der Waals surface area contributed by atoms with Gasteiger partial charge in [0.25, 0.3) is 0 Å². The zero-order valence-electron chi connectivity index (χ0n) is 8.67. The molecule has 1 heterocycles. The Balaban J connectivity index is 0.000000921. The SMILES string of the molecule is CC.COC(=O)c1nc(Cl)cc(Cl)c1N. The number of methoxy groups -OCH3 is 1. The van der Waals surface area contributed by atoms with Crippen molar-refractivity contribution in [2.75, 3.05) is 12.8 Å². The second kappa shape index (κ2) is 6.48. The molecule has 0 bridgehead atoms. The topological polar surface area (TPSA) is 65.2 Å². The number of esters is 1. The van der Waals surface area contributed by atoms with Crippen molar-refractivity contribution in [3.63, 3.8) is 0 Å². The minimum Gasteiger partial charge on any atom is -0.464 e. The molecule has 84 valence electrons. The van der Waals surface area contributed by atoms with Crippen LogP contribution in [0, 0.1) is 0 Å². The lowest BCUT2D eigenvalue weighted by Crippen LogP contribution is -2.08. The molecule has 0 radical (unpaired) electrons. The third-order valence-electron chi connectivity index (χ3n) is 1.36. The van der Waals surface area contributed by atoms with Crippen LogP contribution >= 0.6 is 23.2 Å². The van der Waals surface area contributed by atoms with Crippen LogP contribution in [0.3, 0.4) is 0 Å². The summed E-state index contributed by atoms with van der Waals surface area (Å²) in [4.78, 5) is 14.7. The number of carbonyl (C=O) groups is 1. The molecule has 6 heteroatoms. The van der Waals surface area contributed by atoms with Crippen LogP contribution in [0.1, 0.15) is 24.3 Å². The Morgan fingerprint density at radius 1 is 1.47 bits per heavy atom. The normalized spacial score (nSPS) is 8.87. The Hall–Kier alpha value is -1.00. The number of halogens is 2. The van der Waals surface area contributed by atoms with Crippen LogP contribution in [0.5, 0.6) is 0 Å². The van der Waals surface area contributed by atoms with Gasteiger partial charge in [-0.25, -0.2) is 9.78 Å². The highest BCUT2D eigenvalue weighted by Gasteiger charge is 2.15. The fraction of sp³-hybridized carbons (Fsp3) is 0.333. The number of pyridine rings is 1.